The molecule has 0 spiro atoms. The number of benzene rings is 2. The monoisotopic (exact) mass is 367 g/mol. The summed E-state index contributed by atoms with van der Waals surface area (Å²) >= 11 is 1.58. The lowest BCUT2D eigenvalue weighted by Crippen LogP contribution is -2.11. The number of phenolic OH excluding ortho intramolecular Hbond substituents is 1. The van der Waals surface area contributed by atoms with Crippen LogP contribution in [0.2, 0.25) is 0 Å². The van der Waals surface area contributed by atoms with Gasteiger partial charge in [0.1, 0.15) is 10.8 Å². The summed E-state index contributed by atoms with van der Waals surface area (Å²) in [5.41, 5.74) is 2.77. The first-order valence-corrected chi connectivity index (χ1v) is 9.71. The second kappa shape index (κ2) is 7.38. The van der Waals surface area contributed by atoms with Crippen molar-refractivity contribution in [3.63, 3.8) is 0 Å². The van der Waals surface area contributed by atoms with Crippen LogP contribution < -0.4 is 9.47 Å². The molecule has 0 aliphatic heterocycles. The third-order valence-electron chi connectivity index (χ3n) is 4.65. The molecule has 1 saturated carbocycles. The fourth-order valence-corrected chi connectivity index (χ4v) is 4.12. The van der Waals surface area contributed by atoms with Crippen molar-refractivity contribution >= 4 is 11.3 Å². The number of aromatic hydroxyl groups is 1. The summed E-state index contributed by atoms with van der Waals surface area (Å²) < 4.78 is 11.6. The van der Waals surface area contributed by atoms with Crippen molar-refractivity contribution in [1.82, 2.24) is 4.98 Å². The molecule has 0 atom stereocenters. The van der Waals surface area contributed by atoms with Gasteiger partial charge in [0.15, 0.2) is 11.5 Å². The molecule has 26 heavy (non-hydrogen) atoms. The van der Waals surface area contributed by atoms with E-state index >= 15 is 0 Å². The fourth-order valence-electron chi connectivity index (χ4n) is 3.29. The van der Waals surface area contributed by atoms with E-state index < -0.39 is 0 Å². The van der Waals surface area contributed by atoms with Crippen molar-refractivity contribution in [2.24, 2.45) is 0 Å². The molecule has 0 saturated heterocycles. The zero-order valence-electron chi connectivity index (χ0n) is 14.6. The highest BCUT2D eigenvalue weighted by Crippen LogP contribution is 2.37. The zero-order valence-corrected chi connectivity index (χ0v) is 15.5. The molecule has 1 N–H and O–H groups in total. The van der Waals surface area contributed by atoms with Crippen molar-refractivity contribution < 1.29 is 14.6 Å². The van der Waals surface area contributed by atoms with E-state index in [1.807, 2.05) is 35.7 Å². The molecule has 1 fully saturated rings. The number of rotatable bonds is 5. The van der Waals surface area contributed by atoms with E-state index in [1.54, 1.807) is 30.6 Å². The maximum absolute atomic E-state index is 9.67. The molecule has 1 aliphatic carbocycles. The molecular formula is C21H21NO3S. The van der Waals surface area contributed by atoms with Gasteiger partial charge in [-0.2, -0.15) is 0 Å². The van der Waals surface area contributed by atoms with Gasteiger partial charge in [-0.1, -0.05) is 12.1 Å². The molecule has 2 aromatic carbocycles. The number of methoxy groups -OCH3 is 1. The Morgan fingerprint density at radius 1 is 1.04 bits per heavy atom. The van der Waals surface area contributed by atoms with E-state index in [4.69, 9.17) is 14.5 Å². The van der Waals surface area contributed by atoms with Crippen LogP contribution >= 0.6 is 11.3 Å². The number of ether oxygens (including phenoxy) is 2. The van der Waals surface area contributed by atoms with Gasteiger partial charge in [0.25, 0.3) is 0 Å². The molecule has 0 bridgehead atoms. The van der Waals surface area contributed by atoms with E-state index in [2.05, 4.69) is 0 Å². The van der Waals surface area contributed by atoms with Crippen LogP contribution in [0.4, 0.5) is 0 Å². The summed E-state index contributed by atoms with van der Waals surface area (Å²) in [4.78, 5) is 4.73. The Morgan fingerprint density at radius 2 is 1.88 bits per heavy atom. The molecule has 3 aromatic rings. The number of phenols is 1. The maximum atomic E-state index is 9.67. The van der Waals surface area contributed by atoms with Crippen LogP contribution in [0, 0.1) is 0 Å². The average Bonchev–Trinajstić information content (AvgIpc) is 3.34. The van der Waals surface area contributed by atoms with Gasteiger partial charge < -0.3 is 14.6 Å². The minimum atomic E-state index is 0.244. The number of nitrogens with zero attached hydrogens (tertiary/aromatic N) is 1. The number of hydrogen-bond acceptors (Lipinski definition) is 5. The molecule has 1 aliphatic rings. The van der Waals surface area contributed by atoms with Crippen LogP contribution in [0.3, 0.4) is 0 Å². The van der Waals surface area contributed by atoms with Gasteiger partial charge >= 0.3 is 0 Å². The molecule has 5 heteroatoms. The van der Waals surface area contributed by atoms with Crippen molar-refractivity contribution in [2.45, 2.75) is 31.8 Å². The van der Waals surface area contributed by atoms with Crippen LogP contribution in [0.25, 0.3) is 21.8 Å². The third kappa shape index (κ3) is 3.53. The largest absolute Gasteiger partial charge is 0.508 e. The van der Waals surface area contributed by atoms with E-state index in [0.717, 1.165) is 46.2 Å². The molecule has 4 nitrogen and oxygen atoms in total. The maximum Gasteiger partial charge on any atom is 0.162 e. The summed E-state index contributed by atoms with van der Waals surface area (Å²) in [6, 6.07) is 13.1. The number of aromatic nitrogens is 1. The van der Waals surface area contributed by atoms with Gasteiger partial charge in [-0.05, 0) is 56.0 Å². The van der Waals surface area contributed by atoms with Crippen LogP contribution in [0.15, 0.2) is 47.8 Å². The van der Waals surface area contributed by atoms with Gasteiger partial charge in [-0.3, -0.25) is 0 Å². The predicted molar refractivity (Wildman–Crippen MR) is 104 cm³/mol. The Balaban J connectivity index is 1.63. The summed E-state index contributed by atoms with van der Waals surface area (Å²) in [7, 11) is 1.67. The second-order valence-corrected chi connectivity index (χ2v) is 7.34. The zero-order chi connectivity index (χ0) is 17.9. The van der Waals surface area contributed by atoms with Gasteiger partial charge in [0, 0.05) is 16.5 Å². The Hall–Kier alpha value is -2.53. The molecule has 134 valence electrons. The predicted octanol–water partition coefficient (Wildman–Crippen LogP) is 5.51. The molecule has 0 radical (unpaired) electrons. The SMILES string of the molecule is COc1ccc(-c2nc(-c3cccc(O)c3)cs2)cc1OC1CCCC1. The summed E-state index contributed by atoms with van der Waals surface area (Å²) in [6.45, 7) is 0. The molecule has 0 amide bonds. The average molecular weight is 367 g/mol. The van der Waals surface area contributed by atoms with Crippen LogP contribution in [0.1, 0.15) is 25.7 Å². The second-order valence-electron chi connectivity index (χ2n) is 6.48. The summed E-state index contributed by atoms with van der Waals surface area (Å²) in [6.07, 6.45) is 4.94. The first-order valence-electron chi connectivity index (χ1n) is 8.83. The van der Waals surface area contributed by atoms with E-state index in [0.29, 0.717) is 0 Å². The van der Waals surface area contributed by atoms with Crippen molar-refractivity contribution in [1.29, 1.82) is 0 Å². The summed E-state index contributed by atoms with van der Waals surface area (Å²) in [5.74, 6) is 1.78. The smallest absolute Gasteiger partial charge is 0.162 e. The quantitative estimate of drug-likeness (QED) is 0.646. The molecule has 0 unspecified atom stereocenters. The van der Waals surface area contributed by atoms with Gasteiger partial charge in [-0.25, -0.2) is 4.98 Å². The molecule has 4 rings (SSSR count). The standard InChI is InChI=1S/C21H21NO3S/c1-24-19-10-9-15(12-20(19)25-17-7-2-3-8-17)21-22-18(13-26-21)14-5-4-6-16(23)11-14/h4-6,9-13,17,23H,2-3,7-8H2,1H3. The number of hydrogen-bond donors (Lipinski definition) is 1. The molecule has 1 heterocycles. The fraction of sp³-hybridized carbons (Fsp3) is 0.286. The lowest BCUT2D eigenvalue weighted by Gasteiger charge is -2.16. The van der Waals surface area contributed by atoms with Gasteiger partial charge in [0.05, 0.1) is 18.9 Å². The van der Waals surface area contributed by atoms with E-state index in [9.17, 15) is 5.11 Å². The summed E-state index contributed by atoms with van der Waals surface area (Å²) in [5, 5.41) is 12.6. The highest BCUT2D eigenvalue weighted by molar-refractivity contribution is 7.13. The van der Waals surface area contributed by atoms with Crippen LogP contribution in [-0.2, 0) is 0 Å². The normalized spacial score (nSPS) is 14.5. The highest BCUT2D eigenvalue weighted by atomic mass is 32.1. The Bertz CT molecular complexity index is 900. The first kappa shape index (κ1) is 16.9. The number of thiazole rings is 1. The first-order chi connectivity index (χ1) is 12.7. The van der Waals surface area contributed by atoms with Crippen LogP contribution in [-0.4, -0.2) is 23.3 Å². The Kier molecular flexibility index (Phi) is 4.80. The van der Waals surface area contributed by atoms with E-state index in [1.165, 1.54) is 12.8 Å². The molecular weight excluding hydrogens is 346 g/mol. The van der Waals surface area contributed by atoms with Crippen molar-refractivity contribution in [3.8, 4) is 39.1 Å². The highest BCUT2D eigenvalue weighted by Gasteiger charge is 2.19. The topological polar surface area (TPSA) is 51.6 Å². The van der Waals surface area contributed by atoms with Crippen molar-refractivity contribution in [2.75, 3.05) is 7.11 Å². The Morgan fingerprint density at radius 3 is 2.65 bits per heavy atom. The minimum absolute atomic E-state index is 0.244. The minimum Gasteiger partial charge on any atom is -0.508 e. The van der Waals surface area contributed by atoms with Gasteiger partial charge in [-0.15, -0.1) is 11.3 Å². The Labute approximate surface area is 157 Å². The lowest BCUT2D eigenvalue weighted by atomic mass is 10.1. The lowest BCUT2D eigenvalue weighted by molar-refractivity contribution is 0.201. The third-order valence-corrected chi connectivity index (χ3v) is 5.54. The van der Waals surface area contributed by atoms with Gasteiger partial charge in [0.2, 0.25) is 0 Å². The van der Waals surface area contributed by atoms with E-state index in [-0.39, 0.29) is 11.9 Å². The van der Waals surface area contributed by atoms with Crippen molar-refractivity contribution in [3.05, 3.63) is 47.8 Å². The molecule has 1 aromatic heterocycles. The van der Waals surface area contributed by atoms with Crippen LogP contribution in [0.5, 0.6) is 17.2 Å².